The molecule has 1 unspecified atom stereocenters. The third kappa shape index (κ3) is 5.59. The highest BCUT2D eigenvalue weighted by Crippen LogP contribution is 2.11. The van der Waals surface area contributed by atoms with Gasteiger partial charge in [-0.2, -0.15) is 0 Å². The Morgan fingerprint density at radius 3 is 2.41 bits per heavy atom. The molecule has 0 N–H and O–H groups in total. The predicted molar refractivity (Wildman–Crippen MR) is 75.8 cm³/mol. The van der Waals surface area contributed by atoms with Crippen molar-refractivity contribution in [1.82, 2.24) is 0 Å². The number of ketones is 1. The van der Waals surface area contributed by atoms with Crippen molar-refractivity contribution < 1.29 is 9.00 Å². The van der Waals surface area contributed by atoms with Crippen LogP contribution in [0.5, 0.6) is 0 Å². The summed E-state index contributed by atoms with van der Waals surface area (Å²) in [7, 11) is -1.04. The minimum Gasteiger partial charge on any atom is -0.293 e. The van der Waals surface area contributed by atoms with Crippen LogP contribution in [0.2, 0.25) is 0 Å². The number of Topliss-reactive ketones (excluding diaryl/α,β-unsaturated/α-hetero) is 1. The molecule has 0 saturated carbocycles. The van der Waals surface area contributed by atoms with E-state index < -0.39 is 10.8 Å². The minimum absolute atomic E-state index is 0.0420. The molecule has 0 saturated heterocycles. The monoisotopic (exact) mass is 316 g/mol. The molecule has 0 aliphatic carbocycles. The van der Waals surface area contributed by atoms with Gasteiger partial charge >= 0.3 is 0 Å². The summed E-state index contributed by atoms with van der Waals surface area (Å²) in [5.41, 5.74) is 0.631. The van der Waals surface area contributed by atoms with Crippen LogP contribution in [0.4, 0.5) is 0 Å². The van der Waals surface area contributed by atoms with Crippen LogP contribution in [0, 0.1) is 5.92 Å². The summed E-state index contributed by atoms with van der Waals surface area (Å²) < 4.78 is 12.6. The molecule has 0 aliphatic rings. The van der Waals surface area contributed by atoms with E-state index >= 15 is 0 Å². The number of carbonyl (C=O) groups is 1. The van der Waals surface area contributed by atoms with E-state index in [2.05, 4.69) is 29.8 Å². The number of hydrogen-bond donors (Lipinski definition) is 0. The molecule has 0 aromatic heterocycles. The highest BCUT2D eigenvalue weighted by atomic mass is 79.9. The topological polar surface area (TPSA) is 34.1 Å². The van der Waals surface area contributed by atoms with Crippen LogP contribution in [0.25, 0.3) is 0 Å². The number of hydrogen-bond acceptors (Lipinski definition) is 2. The summed E-state index contributed by atoms with van der Waals surface area (Å²) in [6, 6.07) is 7.16. The maximum atomic E-state index is 11.8. The normalized spacial score (nSPS) is 12.7. The zero-order valence-electron chi connectivity index (χ0n) is 10.1. The molecule has 0 fully saturated rings. The summed E-state index contributed by atoms with van der Waals surface area (Å²) in [6.45, 7) is 4.18. The Morgan fingerprint density at radius 2 is 1.88 bits per heavy atom. The second kappa shape index (κ2) is 7.07. The maximum Gasteiger partial charge on any atom is 0.175 e. The minimum atomic E-state index is -1.04. The molecule has 2 nitrogen and oxygen atoms in total. The van der Waals surface area contributed by atoms with Gasteiger partial charge in [0.1, 0.15) is 0 Å². The van der Waals surface area contributed by atoms with Gasteiger partial charge in [0.05, 0.1) is 5.75 Å². The van der Waals surface area contributed by atoms with Crippen LogP contribution in [-0.4, -0.2) is 21.5 Å². The predicted octanol–water partition coefficient (Wildman–Crippen LogP) is 3.43. The van der Waals surface area contributed by atoms with Gasteiger partial charge in [-0.3, -0.25) is 9.00 Å². The Balaban J connectivity index is 2.49. The highest BCUT2D eigenvalue weighted by Gasteiger charge is 2.10. The third-order valence-corrected chi connectivity index (χ3v) is 4.19. The molecule has 0 bridgehead atoms. The Labute approximate surface area is 113 Å². The lowest BCUT2D eigenvalue weighted by Gasteiger charge is -2.04. The average molecular weight is 317 g/mol. The van der Waals surface area contributed by atoms with Gasteiger partial charge in [0.25, 0.3) is 0 Å². The Hall–Kier alpha value is -0.480. The molecule has 0 amide bonds. The molecule has 0 aliphatic heterocycles. The molecule has 1 rings (SSSR count). The zero-order valence-corrected chi connectivity index (χ0v) is 12.5. The van der Waals surface area contributed by atoms with E-state index in [9.17, 15) is 9.00 Å². The summed E-state index contributed by atoms with van der Waals surface area (Å²) in [6.07, 6.45) is 0.903. The Kier molecular flexibility index (Phi) is 6.06. The van der Waals surface area contributed by atoms with Crippen LogP contribution >= 0.6 is 15.9 Å². The van der Waals surface area contributed by atoms with E-state index in [1.165, 1.54) is 0 Å². The Bertz CT molecular complexity index is 398. The number of rotatable bonds is 6. The largest absolute Gasteiger partial charge is 0.293 e. The molecule has 94 valence electrons. The summed E-state index contributed by atoms with van der Waals surface area (Å²) in [4.78, 5) is 11.8. The van der Waals surface area contributed by atoms with E-state index in [4.69, 9.17) is 0 Å². The van der Waals surface area contributed by atoms with Crippen LogP contribution in [0.1, 0.15) is 30.6 Å². The van der Waals surface area contributed by atoms with Crippen molar-refractivity contribution in [1.29, 1.82) is 0 Å². The molecule has 1 atom stereocenters. The lowest BCUT2D eigenvalue weighted by molar-refractivity contribution is 0.102. The van der Waals surface area contributed by atoms with Crippen molar-refractivity contribution in [2.75, 3.05) is 11.5 Å². The van der Waals surface area contributed by atoms with Gasteiger partial charge in [0.15, 0.2) is 5.78 Å². The fourth-order valence-electron chi connectivity index (χ4n) is 1.30. The van der Waals surface area contributed by atoms with Crippen LogP contribution in [0.15, 0.2) is 28.7 Å². The fraction of sp³-hybridized carbons (Fsp3) is 0.462. The third-order valence-electron chi connectivity index (χ3n) is 2.38. The average Bonchev–Trinajstić information content (AvgIpc) is 2.27. The van der Waals surface area contributed by atoms with Gasteiger partial charge < -0.3 is 0 Å². The molecular weight excluding hydrogens is 300 g/mol. The molecule has 4 heteroatoms. The molecule has 17 heavy (non-hydrogen) atoms. The van der Waals surface area contributed by atoms with Crippen molar-refractivity contribution >= 4 is 32.5 Å². The first kappa shape index (κ1) is 14.6. The SMILES string of the molecule is CC(C)CCS(=O)CC(=O)c1ccc(Br)cc1. The van der Waals surface area contributed by atoms with E-state index in [1.807, 2.05) is 12.1 Å². The lowest BCUT2D eigenvalue weighted by Crippen LogP contribution is -2.14. The van der Waals surface area contributed by atoms with Gasteiger partial charge in [-0.1, -0.05) is 41.9 Å². The standard InChI is InChI=1S/C13H17BrO2S/c1-10(2)7-8-17(16)9-13(15)11-3-5-12(14)6-4-11/h3-6,10H,7-9H2,1-2H3. The van der Waals surface area contributed by atoms with Gasteiger partial charge in [0, 0.05) is 26.6 Å². The first-order chi connectivity index (χ1) is 7.99. The van der Waals surface area contributed by atoms with E-state index in [1.54, 1.807) is 12.1 Å². The van der Waals surface area contributed by atoms with E-state index in [0.29, 0.717) is 17.2 Å². The zero-order chi connectivity index (χ0) is 12.8. The second-order valence-corrected chi connectivity index (χ2v) is 6.89. The first-order valence-corrected chi connectivity index (χ1v) is 7.91. The van der Waals surface area contributed by atoms with Crippen molar-refractivity contribution in [2.45, 2.75) is 20.3 Å². The van der Waals surface area contributed by atoms with Gasteiger partial charge in [-0.05, 0) is 24.5 Å². The highest BCUT2D eigenvalue weighted by molar-refractivity contribution is 9.10. The lowest BCUT2D eigenvalue weighted by atomic mass is 10.1. The first-order valence-electron chi connectivity index (χ1n) is 5.62. The molecule has 1 aromatic carbocycles. The van der Waals surface area contributed by atoms with Gasteiger partial charge in [-0.15, -0.1) is 0 Å². The summed E-state index contributed by atoms with van der Waals surface area (Å²) in [5.74, 6) is 1.23. The number of halogens is 1. The van der Waals surface area contributed by atoms with Crippen molar-refractivity contribution in [3.05, 3.63) is 34.3 Å². The van der Waals surface area contributed by atoms with Crippen LogP contribution in [0.3, 0.4) is 0 Å². The maximum absolute atomic E-state index is 11.8. The summed E-state index contributed by atoms with van der Waals surface area (Å²) >= 11 is 3.31. The molecule has 0 spiro atoms. The molecule has 1 aromatic rings. The molecular formula is C13H17BrO2S. The molecule has 0 heterocycles. The number of carbonyl (C=O) groups excluding carboxylic acids is 1. The van der Waals surface area contributed by atoms with E-state index in [-0.39, 0.29) is 11.5 Å². The smallest absolute Gasteiger partial charge is 0.175 e. The van der Waals surface area contributed by atoms with E-state index in [0.717, 1.165) is 10.9 Å². The van der Waals surface area contributed by atoms with Crippen molar-refractivity contribution in [3.8, 4) is 0 Å². The summed E-state index contributed by atoms with van der Waals surface area (Å²) in [5, 5.41) is 0. The van der Waals surface area contributed by atoms with Crippen molar-refractivity contribution in [2.24, 2.45) is 5.92 Å². The Morgan fingerprint density at radius 1 is 1.29 bits per heavy atom. The van der Waals surface area contributed by atoms with Gasteiger partial charge in [0.2, 0.25) is 0 Å². The van der Waals surface area contributed by atoms with Crippen LogP contribution < -0.4 is 0 Å². The number of benzene rings is 1. The van der Waals surface area contributed by atoms with Crippen molar-refractivity contribution in [3.63, 3.8) is 0 Å². The van der Waals surface area contributed by atoms with Gasteiger partial charge in [-0.25, -0.2) is 0 Å². The second-order valence-electron chi connectivity index (χ2n) is 4.40. The quantitative estimate of drug-likeness (QED) is 0.753. The fourth-order valence-corrected chi connectivity index (χ4v) is 2.91. The van der Waals surface area contributed by atoms with Crippen LogP contribution in [-0.2, 0) is 10.8 Å². The molecule has 0 radical (unpaired) electrons.